The highest BCUT2D eigenvalue weighted by Gasteiger charge is 2.14. The number of pyridine rings is 1. The average molecular weight is 272 g/mol. The molecule has 0 unspecified atom stereocenters. The summed E-state index contributed by atoms with van der Waals surface area (Å²) in [6, 6.07) is 3.71. The van der Waals surface area contributed by atoms with Gasteiger partial charge in [-0.05, 0) is 19.2 Å². The summed E-state index contributed by atoms with van der Waals surface area (Å²) in [5.41, 5.74) is 1.69. The number of hydrogen-bond donors (Lipinski definition) is 0. The largest absolute Gasteiger partial charge is 0.304 e. The maximum absolute atomic E-state index is 10.8. The van der Waals surface area contributed by atoms with Gasteiger partial charge in [-0.1, -0.05) is 0 Å². The van der Waals surface area contributed by atoms with E-state index in [1.165, 1.54) is 0 Å². The van der Waals surface area contributed by atoms with Gasteiger partial charge in [0.1, 0.15) is 12.1 Å². The lowest BCUT2D eigenvalue weighted by Crippen LogP contribution is -2.45. The molecule has 5 heteroatoms. The minimum absolute atomic E-state index is 0.697. The van der Waals surface area contributed by atoms with Crippen LogP contribution in [0.2, 0.25) is 0 Å². The SMILES string of the molecule is CN1CCN(CCc2ncc3cc(C=O)ccn23)CC1. The van der Waals surface area contributed by atoms with E-state index in [9.17, 15) is 4.79 Å². The summed E-state index contributed by atoms with van der Waals surface area (Å²) in [5.74, 6) is 1.07. The highest BCUT2D eigenvalue weighted by molar-refractivity contribution is 5.77. The zero-order valence-electron chi connectivity index (χ0n) is 11.8. The smallest absolute Gasteiger partial charge is 0.150 e. The zero-order chi connectivity index (χ0) is 13.9. The van der Waals surface area contributed by atoms with E-state index in [1.54, 1.807) is 0 Å². The number of fused-ring (bicyclic) bond motifs is 1. The molecule has 0 aromatic carbocycles. The number of nitrogens with zero attached hydrogens (tertiary/aromatic N) is 4. The van der Waals surface area contributed by atoms with Crippen LogP contribution in [0.4, 0.5) is 0 Å². The van der Waals surface area contributed by atoms with Crippen LogP contribution < -0.4 is 0 Å². The van der Waals surface area contributed by atoms with E-state index in [-0.39, 0.29) is 0 Å². The van der Waals surface area contributed by atoms with Gasteiger partial charge in [0.25, 0.3) is 0 Å². The van der Waals surface area contributed by atoms with Gasteiger partial charge in [-0.2, -0.15) is 0 Å². The first kappa shape index (κ1) is 13.3. The fourth-order valence-corrected chi connectivity index (χ4v) is 2.66. The first-order valence-corrected chi connectivity index (χ1v) is 7.08. The van der Waals surface area contributed by atoms with Crippen LogP contribution in [-0.2, 0) is 6.42 Å². The van der Waals surface area contributed by atoms with Crippen LogP contribution in [-0.4, -0.2) is 65.2 Å². The number of carbonyl (C=O) groups is 1. The fourth-order valence-electron chi connectivity index (χ4n) is 2.66. The molecular formula is C15H20N4O. The summed E-state index contributed by atoms with van der Waals surface area (Å²) in [4.78, 5) is 20.1. The topological polar surface area (TPSA) is 40.8 Å². The first-order valence-electron chi connectivity index (χ1n) is 7.08. The Kier molecular flexibility index (Phi) is 3.80. The van der Waals surface area contributed by atoms with Crippen molar-refractivity contribution < 1.29 is 4.79 Å². The molecule has 1 fully saturated rings. The minimum atomic E-state index is 0.697. The number of hydrogen-bond acceptors (Lipinski definition) is 4. The molecule has 0 saturated carbocycles. The molecule has 1 saturated heterocycles. The first-order chi connectivity index (χ1) is 9.76. The van der Waals surface area contributed by atoms with Crippen LogP contribution in [0.3, 0.4) is 0 Å². The number of likely N-dealkylation sites (N-methyl/N-ethyl adjacent to an activating group) is 1. The molecule has 1 aliphatic heterocycles. The van der Waals surface area contributed by atoms with Crippen molar-refractivity contribution in [3.8, 4) is 0 Å². The van der Waals surface area contributed by atoms with Crippen molar-refractivity contribution in [1.82, 2.24) is 19.2 Å². The van der Waals surface area contributed by atoms with Gasteiger partial charge < -0.3 is 14.2 Å². The molecular weight excluding hydrogens is 252 g/mol. The molecule has 2 aromatic heterocycles. The Bertz CT molecular complexity index is 599. The lowest BCUT2D eigenvalue weighted by atomic mass is 10.2. The van der Waals surface area contributed by atoms with E-state index in [2.05, 4.69) is 26.2 Å². The predicted octanol–water partition coefficient (Wildman–Crippen LogP) is 0.937. The van der Waals surface area contributed by atoms with E-state index >= 15 is 0 Å². The van der Waals surface area contributed by atoms with E-state index in [0.717, 1.165) is 56.8 Å². The third-order valence-corrected chi connectivity index (χ3v) is 4.02. The van der Waals surface area contributed by atoms with Crippen molar-refractivity contribution >= 4 is 11.8 Å². The highest BCUT2D eigenvalue weighted by Crippen LogP contribution is 2.10. The summed E-state index contributed by atoms with van der Waals surface area (Å²) in [5, 5.41) is 0. The fraction of sp³-hybridized carbons (Fsp3) is 0.467. The van der Waals surface area contributed by atoms with Gasteiger partial charge >= 0.3 is 0 Å². The van der Waals surface area contributed by atoms with Gasteiger partial charge in [-0.15, -0.1) is 0 Å². The molecule has 0 atom stereocenters. The van der Waals surface area contributed by atoms with E-state index in [0.29, 0.717) is 5.56 Å². The maximum Gasteiger partial charge on any atom is 0.150 e. The number of aldehydes is 1. The molecule has 1 aliphatic rings. The van der Waals surface area contributed by atoms with Crippen LogP contribution in [0.5, 0.6) is 0 Å². The van der Waals surface area contributed by atoms with Gasteiger partial charge in [-0.3, -0.25) is 4.79 Å². The van der Waals surface area contributed by atoms with Crippen molar-refractivity contribution in [1.29, 1.82) is 0 Å². The van der Waals surface area contributed by atoms with Crippen molar-refractivity contribution in [3.05, 3.63) is 35.9 Å². The summed E-state index contributed by atoms with van der Waals surface area (Å²) in [6.07, 6.45) is 5.59. The molecule has 0 amide bonds. The normalized spacial score (nSPS) is 17.6. The molecule has 0 bridgehead atoms. The van der Waals surface area contributed by atoms with Gasteiger partial charge in [0, 0.05) is 50.9 Å². The molecule has 3 heterocycles. The molecule has 0 spiro atoms. The summed E-state index contributed by atoms with van der Waals surface area (Å²) in [7, 11) is 2.17. The van der Waals surface area contributed by atoms with Crippen molar-refractivity contribution in [2.24, 2.45) is 0 Å². The number of carbonyl (C=O) groups excluding carboxylic acids is 1. The molecule has 20 heavy (non-hydrogen) atoms. The van der Waals surface area contributed by atoms with Gasteiger partial charge in [-0.25, -0.2) is 4.98 Å². The summed E-state index contributed by atoms with van der Waals surface area (Å²) in [6.45, 7) is 5.60. The highest BCUT2D eigenvalue weighted by atomic mass is 16.1. The van der Waals surface area contributed by atoms with Gasteiger partial charge in [0.15, 0.2) is 0 Å². The Morgan fingerprint density at radius 2 is 2.10 bits per heavy atom. The Morgan fingerprint density at radius 1 is 1.30 bits per heavy atom. The number of aromatic nitrogens is 2. The lowest BCUT2D eigenvalue weighted by molar-refractivity contribution is 0.112. The molecule has 106 valence electrons. The second-order valence-electron chi connectivity index (χ2n) is 5.44. The molecule has 5 nitrogen and oxygen atoms in total. The summed E-state index contributed by atoms with van der Waals surface area (Å²) < 4.78 is 2.07. The lowest BCUT2D eigenvalue weighted by Gasteiger charge is -2.32. The number of rotatable bonds is 4. The Morgan fingerprint density at radius 3 is 2.85 bits per heavy atom. The van der Waals surface area contributed by atoms with Crippen molar-refractivity contribution in [2.75, 3.05) is 39.8 Å². The average Bonchev–Trinajstić information content (AvgIpc) is 2.89. The quantitative estimate of drug-likeness (QED) is 0.777. The van der Waals surface area contributed by atoms with Crippen LogP contribution in [0.15, 0.2) is 24.5 Å². The predicted molar refractivity (Wildman–Crippen MR) is 78.2 cm³/mol. The van der Waals surface area contributed by atoms with E-state index < -0.39 is 0 Å². The van der Waals surface area contributed by atoms with Gasteiger partial charge in [0.2, 0.25) is 0 Å². The van der Waals surface area contributed by atoms with Crippen LogP contribution in [0.25, 0.3) is 5.52 Å². The maximum atomic E-state index is 10.8. The van der Waals surface area contributed by atoms with Crippen molar-refractivity contribution in [2.45, 2.75) is 6.42 Å². The Hall–Kier alpha value is -1.72. The third kappa shape index (κ3) is 2.73. The molecule has 0 aliphatic carbocycles. The Balaban J connectivity index is 1.67. The molecule has 0 radical (unpaired) electrons. The van der Waals surface area contributed by atoms with Gasteiger partial charge in [0.05, 0.1) is 11.7 Å². The minimum Gasteiger partial charge on any atom is -0.304 e. The third-order valence-electron chi connectivity index (χ3n) is 4.02. The second kappa shape index (κ2) is 5.73. The zero-order valence-corrected chi connectivity index (χ0v) is 11.8. The molecule has 2 aromatic rings. The monoisotopic (exact) mass is 272 g/mol. The number of piperazine rings is 1. The second-order valence-corrected chi connectivity index (χ2v) is 5.44. The van der Waals surface area contributed by atoms with Crippen LogP contribution >= 0.6 is 0 Å². The summed E-state index contributed by atoms with van der Waals surface area (Å²) >= 11 is 0. The standard InChI is InChI=1S/C15H20N4O/c1-17-6-8-18(9-7-17)4-3-15-16-11-14-10-13(12-20)2-5-19(14)15/h2,5,10-12H,3-4,6-9H2,1H3. The molecule has 0 N–H and O–H groups in total. The molecule has 3 rings (SSSR count). The number of imidazole rings is 1. The van der Waals surface area contributed by atoms with Crippen LogP contribution in [0.1, 0.15) is 16.2 Å². The van der Waals surface area contributed by atoms with Crippen LogP contribution in [0, 0.1) is 0 Å². The van der Waals surface area contributed by atoms with E-state index in [1.807, 2.05) is 24.5 Å². The van der Waals surface area contributed by atoms with Crippen molar-refractivity contribution in [3.63, 3.8) is 0 Å². The Labute approximate surface area is 118 Å². The van der Waals surface area contributed by atoms with E-state index in [4.69, 9.17) is 0 Å².